The number of hydrogen-bond acceptors (Lipinski definition) is 7. The third kappa shape index (κ3) is 3.75. The van der Waals surface area contributed by atoms with Crippen molar-refractivity contribution in [3.8, 4) is 0 Å². The van der Waals surface area contributed by atoms with Gasteiger partial charge in [-0.25, -0.2) is 4.98 Å². The molecule has 0 aromatic carbocycles. The molecule has 0 atom stereocenters. The number of carbonyl (C=O) groups excluding carboxylic acids is 1. The van der Waals surface area contributed by atoms with E-state index in [1.807, 2.05) is 30.9 Å². The fourth-order valence-corrected chi connectivity index (χ4v) is 3.69. The van der Waals surface area contributed by atoms with E-state index in [1.54, 1.807) is 12.4 Å². The molecular weight excluding hydrogens is 344 g/mol. The Labute approximate surface area is 158 Å². The fraction of sp³-hybridized carbons (Fsp3) is 0.526. The molecule has 4 heterocycles. The lowest BCUT2D eigenvalue weighted by molar-refractivity contribution is -0.0871. The van der Waals surface area contributed by atoms with Crippen LogP contribution in [0.15, 0.2) is 24.5 Å². The van der Waals surface area contributed by atoms with Crippen LogP contribution in [0.3, 0.4) is 0 Å². The summed E-state index contributed by atoms with van der Waals surface area (Å²) in [4.78, 5) is 25.1. The van der Waals surface area contributed by atoms with Gasteiger partial charge >= 0.3 is 0 Å². The molecular formula is C19H24N6O2. The Kier molecular flexibility index (Phi) is 4.73. The number of likely N-dealkylation sites (tertiary alicyclic amines) is 1. The molecule has 0 unspecified atom stereocenters. The van der Waals surface area contributed by atoms with Gasteiger partial charge in [-0.2, -0.15) is 5.10 Å². The average Bonchev–Trinajstić information content (AvgIpc) is 2.69. The molecule has 1 spiro atoms. The SMILES string of the molecule is Cc1cnc(C(=O)N2CCC3(CC2)CN(c2ccc(C)nn2)CCO3)cn1. The molecule has 0 saturated carbocycles. The number of morpholine rings is 1. The second-order valence-electron chi connectivity index (χ2n) is 7.32. The molecule has 2 saturated heterocycles. The lowest BCUT2D eigenvalue weighted by Crippen LogP contribution is -2.57. The summed E-state index contributed by atoms with van der Waals surface area (Å²) in [5.74, 6) is 0.825. The molecule has 0 N–H and O–H groups in total. The monoisotopic (exact) mass is 368 g/mol. The summed E-state index contributed by atoms with van der Waals surface area (Å²) in [6, 6.07) is 3.99. The van der Waals surface area contributed by atoms with Crippen LogP contribution in [0, 0.1) is 13.8 Å². The molecule has 27 heavy (non-hydrogen) atoms. The number of aryl methyl sites for hydroxylation is 2. The third-order valence-electron chi connectivity index (χ3n) is 5.32. The second kappa shape index (κ2) is 7.19. The molecule has 2 fully saturated rings. The van der Waals surface area contributed by atoms with Crippen molar-refractivity contribution in [3.05, 3.63) is 41.6 Å². The molecule has 0 radical (unpaired) electrons. The molecule has 2 aliphatic rings. The number of anilines is 1. The summed E-state index contributed by atoms with van der Waals surface area (Å²) in [6.07, 6.45) is 4.78. The zero-order chi connectivity index (χ0) is 18.9. The van der Waals surface area contributed by atoms with Gasteiger partial charge in [0, 0.05) is 32.4 Å². The zero-order valence-electron chi connectivity index (χ0n) is 15.8. The topological polar surface area (TPSA) is 84.3 Å². The lowest BCUT2D eigenvalue weighted by Gasteiger charge is -2.47. The van der Waals surface area contributed by atoms with Crippen LogP contribution >= 0.6 is 0 Å². The van der Waals surface area contributed by atoms with E-state index in [4.69, 9.17) is 4.74 Å². The van der Waals surface area contributed by atoms with E-state index >= 15 is 0 Å². The van der Waals surface area contributed by atoms with Gasteiger partial charge < -0.3 is 14.5 Å². The summed E-state index contributed by atoms with van der Waals surface area (Å²) in [5, 5.41) is 8.48. The predicted octanol–water partition coefficient (Wildman–Crippen LogP) is 1.40. The first-order chi connectivity index (χ1) is 13.0. The molecule has 8 nitrogen and oxygen atoms in total. The fourth-order valence-electron chi connectivity index (χ4n) is 3.69. The first kappa shape index (κ1) is 17.8. The summed E-state index contributed by atoms with van der Waals surface area (Å²) in [6.45, 7) is 7.34. The highest BCUT2D eigenvalue weighted by Gasteiger charge is 2.41. The van der Waals surface area contributed by atoms with E-state index in [1.165, 1.54) is 0 Å². The van der Waals surface area contributed by atoms with Gasteiger partial charge in [0.2, 0.25) is 0 Å². The summed E-state index contributed by atoms with van der Waals surface area (Å²) in [7, 11) is 0. The number of hydrogen-bond donors (Lipinski definition) is 0. The third-order valence-corrected chi connectivity index (χ3v) is 5.32. The van der Waals surface area contributed by atoms with Crippen LogP contribution in [0.25, 0.3) is 0 Å². The Morgan fingerprint density at radius 2 is 1.85 bits per heavy atom. The van der Waals surface area contributed by atoms with E-state index < -0.39 is 0 Å². The van der Waals surface area contributed by atoms with Gasteiger partial charge in [-0.1, -0.05) is 0 Å². The van der Waals surface area contributed by atoms with Crippen molar-refractivity contribution in [1.29, 1.82) is 0 Å². The Morgan fingerprint density at radius 1 is 1.04 bits per heavy atom. The summed E-state index contributed by atoms with van der Waals surface area (Å²) < 4.78 is 6.18. The van der Waals surface area contributed by atoms with Crippen molar-refractivity contribution in [1.82, 2.24) is 25.1 Å². The van der Waals surface area contributed by atoms with E-state index in [0.717, 1.165) is 43.1 Å². The zero-order valence-corrected chi connectivity index (χ0v) is 15.8. The van der Waals surface area contributed by atoms with Gasteiger partial charge in [-0.3, -0.25) is 9.78 Å². The Balaban J connectivity index is 1.40. The van der Waals surface area contributed by atoms with Crippen molar-refractivity contribution in [2.75, 3.05) is 37.7 Å². The first-order valence-corrected chi connectivity index (χ1v) is 9.32. The van der Waals surface area contributed by atoms with Crippen LogP contribution < -0.4 is 4.90 Å². The molecule has 2 aromatic rings. The summed E-state index contributed by atoms with van der Waals surface area (Å²) in [5.41, 5.74) is 1.88. The van der Waals surface area contributed by atoms with Crippen LogP contribution in [-0.2, 0) is 4.74 Å². The minimum atomic E-state index is -0.236. The van der Waals surface area contributed by atoms with Crippen molar-refractivity contribution in [2.24, 2.45) is 0 Å². The average molecular weight is 368 g/mol. The van der Waals surface area contributed by atoms with E-state index in [9.17, 15) is 4.79 Å². The molecule has 2 aliphatic heterocycles. The van der Waals surface area contributed by atoms with Crippen LogP contribution in [0.1, 0.15) is 34.7 Å². The van der Waals surface area contributed by atoms with Gasteiger partial charge in [0.25, 0.3) is 5.91 Å². The molecule has 0 aliphatic carbocycles. The number of piperidine rings is 1. The highest BCUT2D eigenvalue weighted by Crippen LogP contribution is 2.32. The highest BCUT2D eigenvalue weighted by atomic mass is 16.5. The minimum Gasteiger partial charge on any atom is -0.371 e. The van der Waals surface area contributed by atoms with Crippen molar-refractivity contribution >= 4 is 11.7 Å². The Hall–Kier alpha value is -2.61. The maximum Gasteiger partial charge on any atom is 0.274 e. The number of ether oxygens (including phenoxy) is 1. The van der Waals surface area contributed by atoms with E-state index in [2.05, 4.69) is 25.1 Å². The van der Waals surface area contributed by atoms with E-state index in [0.29, 0.717) is 25.4 Å². The van der Waals surface area contributed by atoms with Crippen LogP contribution in [0.4, 0.5) is 5.82 Å². The number of rotatable bonds is 2. The largest absolute Gasteiger partial charge is 0.371 e. The van der Waals surface area contributed by atoms with Crippen molar-refractivity contribution < 1.29 is 9.53 Å². The molecule has 0 bridgehead atoms. The van der Waals surface area contributed by atoms with Gasteiger partial charge in [0.1, 0.15) is 5.69 Å². The van der Waals surface area contributed by atoms with Gasteiger partial charge in [-0.15, -0.1) is 5.10 Å². The maximum absolute atomic E-state index is 12.7. The Bertz CT molecular complexity index is 800. The maximum atomic E-state index is 12.7. The van der Waals surface area contributed by atoms with Crippen molar-refractivity contribution in [3.63, 3.8) is 0 Å². The first-order valence-electron chi connectivity index (χ1n) is 9.32. The minimum absolute atomic E-state index is 0.0607. The predicted molar refractivity (Wildman–Crippen MR) is 99.6 cm³/mol. The lowest BCUT2D eigenvalue weighted by atomic mass is 9.89. The van der Waals surface area contributed by atoms with Gasteiger partial charge in [0.05, 0.1) is 29.8 Å². The molecule has 4 rings (SSSR count). The standard InChI is InChI=1S/C19H24N6O2/c1-14-3-4-17(23-22-14)25-9-10-27-19(13-25)5-7-24(8-6-19)18(26)16-12-20-15(2)11-21-16/h3-4,11-12H,5-10,13H2,1-2H3. The number of carbonyl (C=O) groups is 1. The van der Waals surface area contributed by atoms with Crippen LogP contribution in [-0.4, -0.2) is 69.4 Å². The molecule has 142 valence electrons. The Morgan fingerprint density at radius 3 is 2.52 bits per heavy atom. The van der Waals surface area contributed by atoms with Crippen molar-refractivity contribution in [2.45, 2.75) is 32.3 Å². The van der Waals surface area contributed by atoms with E-state index in [-0.39, 0.29) is 11.5 Å². The van der Waals surface area contributed by atoms with Crippen LogP contribution in [0.2, 0.25) is 0 Å². The molecule has 1 amide bonds. The molecule has 8 heteroatoms. The normalized spacial score (nSPS) is 19.3. The summed E-state index contributed by atoms with van der Waals surface area (Å²) >= 11 is 0. The quantitative estimate of drug-likeness (QED) is 0.792. The van der Waals surface area contributed by atoms with Gasteiger partial charge in [-0.05, 0) is 38.8 Å². The van der Waals surface area contributed by atoms with Crippen LogP contribution in [0.5, 0.6) is 0 Å². The van der Waals surface area contributed by atoms with Gasteiger partial charge in [0.15, 0.2) is 5.82 Å². The number of aromatic nitrogens is 4. The smallest absolute Gasteiger partial charge is 0.274 e. The second-order valence-corrected chi connectivity index (χ2v) is 7.32. The highest BCUT2D eigenvalue weighted by molar-refractivity contribution is 5.92. The molecule has 2 aromatic heterocycles. The number of amides is 1. The number of nitrogens with zero attached hydrogens (tertiary/aromatic N) is 6.